The van der Waals surface area contributed by atoms with E-state index in [2.05, 4.69) is 11.8 Å². The lowest BCUT2D eigenvalue weighted by Gasteiger charge is -2.33. The zero-order chi connectivity index (χ0) is 13.9. The summed E-state index contributed by atoms with van der Waals surface area (Å²) in [5.74, 6) is 1.54. The Morgan fingerprint density at radius 2 is 1.90 bits per heavy atom. The molecule has 0 unspecified atom stereocenters. The molecule has 0 bridgehead atoms. The van der Waals surface area contributed by atoms with Gasteiger partial charge >= 0.3 is 0 Å². The molecule has 1 saturated heterocycles. The molecule has 0 saturated carbocycles. The molecule has 0 amide bonds. The summed E-state index contributed by atoms with van der Waals surface area (Å²) in [6.45, 7) is 6.04. The normalized spacial score (nSPS) is 18.8. The molecule has 2 heterocycles. The lowest BCUT2D eigenvalue weighted by Crippen LogP contribution is -2.38. The van der Waals surface area contributed by atoms with Crippen LogP contribution in [-0.2, 0) is 11.3 Å². The van der Waals surface area contributed by atoms with Crippen molar-refractivity contribution in [2.45, 2.75) is 32.4 Å². The Hall–Kier alpha value is -0.970. The van der Waals surface area contributed by atoms with Gasteiger partial charge in [0.05, 0.1) is 0 Å². The van der Waals surface area contributed by atoms with Gasteiger partial charge in [-0.2, -0.15) is 0 Å². The van der Waals surface area contributed by atoms with E-state index in [9.17, 15) is 0 Å². The van der Waals surface area contributed by atoms with Gasteiger partial charge in [0.2, 0.25) is 6.79 Å². The summed E-state index contributed by atoms with van der Waals surface area (Å²) in [6.07, 6.45) is 2.19. The number of rotatable bonds is 4. The number of ether oxygens (including phenoxy) is 3. The third-order valence-corrected chi connectivity index (χ3v) is 4.38. The van der Waals surface area contributed by atoms with Crippen LogP contribution in [0.25, 0.3) is 0 Å². The Morgan fingerprint density at radius 1 is 1.20 bits per heavy atom. The molecule has 0 atom stereocenters. The summed E-state index contributed by atoms with van der Waals surface area (Å²) in [4.78, 5) is 2.46. The Kier molecular flexibility index (Phi) is 4.34. The molecule has 2 aliphatic heterocycles. The number of benzene rings is 1. The summed E-state index contributed by atoms with van der Waals surface area (Å²) < 4.78 is 16.2. The van der Waals surface area contributed by atoms with Crippen LogP contribution in [0.5, 0.6) is 11.5 Å². The number of fused-ring (bicyclic) bond motifs is 1. The molecule has 0 N–H and O–H groups in total. The van der Waals surface area contributed by atoms with Crippen LogP contribution in [0.15, 0.2) is 12.1 Å². The van der Waals surface area contributed by atoms with E-state index in [0.29, 0.717) is 6.04 Å². The first kappa shape index (κ1) is 14.0. The van der Waals surface area contributed by atoms with Crippen molar-refractivity contribution in [3.8, 4) is 11.5 Å². The van der Waals surface area contributed by atoms with Gasteiger partial charge in [-0.3, -0.25) is 4.90 Å². The van der Waals surface area contributed by atoms with E-state index in [4.69, 9.17) is 25.8 Å². The van der Waals surface area contributed by atoms with Crippen LogP contribution in [0.4, 0.5) is 0 Å². The van der Waals surface area contributed by atoms with Gasteiger partial charge < -0.3 is 14.2 Å². The van der Waals surface area contributed by atoms with Gasteiger partial charge in [0.1, 0.15) is 0 Å². The second-order valence-electron chi connectivity index (χ2n) is 5.20. The van der Waals surface area contributed by atoms with Crippen LogP contribution >= 0.6 is 11.6 Å². The Balaban J connectivity index is 1.75. The summed E-state index contributed by atoms with van der Waals surface area (Å²) in [5, 5.41) is 0.750. The number of hydrogen-bond acceptors (Lipinski definition) is 4. The van der Waals surface area contributed by atoms with Gasteiger partial charge in [-0.05, 0) is 31.0 Å². The molecule has 0 radical (unpaired) electrons. The largest absolute Gasteiger partial charge is 0.454 e. The third kappa shape index (κ3) is 2.87. The highest BCUT2D eigenvalue weighted by atomic mass is 35.5. The molecule has 0 aliphatic carbocycles. The van der Waals surface area contributed by atoms with Gasteiger partial charge in [-0.1, -0.05) is 18.5 Å². The smallest absolute Gasteiger partial charge is 0.231 e. The van der Waals surface area contributed by atoms with Crippen molar-refractivity contribution in [1.82, 2.24) is 4.90 Å². The minimum atomic E-state index is 0.284. The molecule has 2 aliphatic rings. The maximum atomic E-state index is 6.36. The minimum Gasteiger partial charge on any atom is -0.454 e. The molecule has 4 nitrogen and oxygen atoms in total. The number of nitrogens with zero attached hydrogens (tertiary/aromatic N) is 1. The first-order valence-electron chi connectivity index (χ1n) is 7.17. The average Bonchev–Trinajstić information content (AvgIpc) is 2.92. The SMILES string of the molecule is CCN(Cc1cc2c(cc1Cl)OCO2)C1CCOCC1. The highest BCUT2D eigenvalue weighted by Crippen LogP contribution is 2.37. The van der Waals surface area contributed by atoms with Crippen molar-refractivity contribution >= 4 is 11.6 Å². The number of hydrogen-bond donors (Lipinski definition) is 0. The van der Waals surface area contributed by atoms with Gasteiger partial charge in [0.15, 0.2) is 11.5 Å². The average molecular weight is 298 g/mol. The summed E-state index contributed by atoms with van der Waals surface area (Å²) >= 11 is 6.36. The van der Waals surface area contributed by atoms with E-state index in [1.54, 1.807) is 0 Å². The molecule has 5 heteroatoms. The van der Waals surface area contributed by atoms with E-state index in [0.717, 1.165) is 61.2 Å². The van der Waals surface area contributed by atoms with Crippen molar-refractivity contribution in [2.24, 2.45) is 0 Å². The van der Waals surface area contributed by atoms with Crippen LogP contribution in [-0.4, -0.2) is 37.5 Å². The highest BCUT2D eigenvalue weighted by Gasteiger charge is 2.23. The standard InChI is InChI=1S/C15H20ClNO3/c1-2-17(12-3-5-18-6-4-12)9-11-7-14-15(8-13(11)16)20-10-19-14/h7-8,12H,2-6,9-10H2,1H3. The van der Waals surface area contributed by atoms with Gasteiger partial charge in [0, 0.05) is 36.9 Å². The molecular formula is C15H20ClNO3. The summed E-state index contributed by atoms with van der Waals surface area (Å²) in [7, 11) is 0. The summed E-state index contributed by atoms with van der Waals surface area (Å²) in [6, 6.07) is 4.44. The van der Waals surface area contributed by atoms with E-state index in [1.807, 2.05) is 12.1 Å². The van der Waals surface area contributed by atoms with E-state index >= 15 is 0 Å². The van der Waals surface area contributed by atoms with Crippen molar-refractivity contribution in [3.05, 3.63) is 22.7 Å². The van der Waals surface area contributed by atoms with Crippen molar-refractivity contribution in [1.29, 1.82) is 0 Å². The fraction of sp³-hybridized carbons (Fsp3) is 0.600. The molecule has 0 spiro atoms. The van der Waals surface area contributed by atoms with Crippen LogP contribution < -0.4 is 9.47 Å². The minimum absolute atomic E-state index is 0.284. The quantitative estimate of drug-likeness (QED) is 0.854. The zero-order valence-corrected chi connectivity index (χ0v) is 12.5. The molecule has 1 aromatic carbocycles. The van der Waals surface area contributed by atoms with Gasteiger partial charge in [-0.25, -0.2) is 0 Å². The third-order valence-electron chi connectivity index (χ3n) is 4.03. The second-order valence-corrected chi connectivity index (χ2v) is 5.61. The first-order valence-corrected chi connectivity index (χ1v) is 7.55. The van der Waals surface area contributed by atoms with Crippen LogP contribution in [0, 0.1) is 0 Å². The second kappa shape index (κ2) is 6.20. The molecular weight excluding hydrogens is 278 g/mol. The number of halogens is 1. The predicted octanol–water partition coefficient (Wildman–Crippen LogP) is 3.07. The highest BCUT2D eigenvalue weighted by molar-refractivity contribution is 6.31. The van der Waals surface area contributed by atoms with Crippen LogP contribution in [0.1, 0.15) is 25.3 Å². The molecule has 1 aromatic rings. The Morgan fingerprint density at radius 3 is 2.60 bits per heavy atom. The maximum absolute atomic E-state index is 6.36. The maximum Gasteiger partial charge on any atom is 0.231 e. The predicted molar refractivity (Wildman–Crippen MR) is 77.5 cm³/mol. The molecule has 0 aromatic heterocycles. The summed E-state index contributed by atoms with van der Waals surface area (Å²) in [5.41, 5.74) is 1.10. The Labute approximate surface area is 124 Å². The van der Waals surface area contributed by atoms with E-state index in [-0.39, 0.29) is 6.79 Å². The monoisotopic (exact) mass is 297 g/mol. The zero-order valence-electron chi connectivity index (χ0n) is 11.7. The molecule has 110 valence electrons. The van der Waals surface area contributed by atoms with Gasteiger partial charge in [0.25, 0.3) is 0 Å². The molecule has 20 heavy (non-hydrogen) atoms. The van der Waals surface area contributed by atoms with Crippen molar-refractivity contribution in [3.63, 3.8) is 0 Å². The Bertz CT molecular complexity index is 474. The fourth-order valence-corrected chi connectivity index (χ4v) is 3.06. The lowest BCUT2D eigenvalue weighted by molar-refractivity contribution is 0.0330. The van der Waals surface area contributed by atoms with Crippen molar-refractivity contribution in [2.75, 3.05) is 26.6 Å². The lowest BCUT2D eigenvalue weighted by atomic mass is 10.1. The fourth-order valence-electron chi connectivity index (χ4n) is 2.85. The molecule has 1 fully saturated rings. The van der Waals surface area contributed by atoms with E-state index < -0.39 is 0 Å². The van der Waals surface area contributed by atoms with Crippen LogP contribution in [0.3, 0.4) is 0 Å². The first-order chi connectivity index (χ1) is 9.78. The van der Waals surface area contributed by atoms with Gasteiger partial charge in [-0.15, -0.1) is 0 Å². The van der Waals surface area contributed by atoms with Crippen LogP contribution in [0.2, 0.25) is 5.02 Å². The van der Waals surface area contributed by atoms with Crippen molar-refractivity contribution < 1.29 is 14.2 Å². The molecule has 3 rings (SSSR count). The van der Waals surface area contributed by atoms with E-state index in [1.165, 1.54) is 0 Å². The topological polar surface area (TPSA) is 30.9 Å².